The third-order valence-corrected chi connectivity index (χ3v) is 3.71. The van der Waals surface area contributed by atoms with Crippen molar-refractivity contribution in [3.05, 3.63) is 47.8 Å². The van der Waals surface area contributed by atoms with Crippen molar-refractivity contribution in [1.29, 1.82) is 0 Å². The quantitative estimate of drug-likeness (QED) is 0.837. The van der Waals surface area contributed by atoms with E-state index < -0.39 is 0 Å². The second-order valence-electron chi connectivity index (χ2n) is 5.61. The Bertz CT molecular complexity index is 678. The molecule has 1 aliphatic heterocycles. The fourth-order valence-corrected chi connectivity index (χ4v) is 2.64. The lowest BCUT2D eigenvalue weighted by Crippen LogP contribution is -2.47. The lowest BCUT2D eigenvalue weighted by Gasteiger charge is -2.33. The summed E-state index contributed by atoms with van der Waals surface area (Å²) >= 11 is 0. The number of anilines is 1. The highest BCUT2D eigenvalue weighted by atomic mass is 35.5. The summed E-state index contributed by atoms with van der Waals surface area (Å²) in [6.07, 6.45) is 3.75. The van der Waals surface area contributed by atoms with Crippen LogP contribution in [0.5, 0.6) is 0 Å². The normalized spacial score (nSPS) is 16.9. The van der Waals surface area contributed by atoms with Crippen molar-refractivity contribution in [2.75, 3.05) is 25.4 Å². The molecule has 6 nitrogen and oxygen atoms in total. The molecule has 2 N–H and O–H groups in total. The van der Waals surface area contributed by atoms with Gasteiger partial charge in [-0.05, 0) is 30.7 Å². The van der Waals surface area contributed by atoms with Crippen molar-refractivity contribution in [1.82, 2.24) is 14.7 Å². The van der Waals surface area contributed by atoms with E-state index in [9.17, 15) is 4.79 Å². The van der Waals surface area contributed by atoms with Crippen LogP contribution in [0, 0.1) is 6.92 Å². The van der Waals surface area contributed by atoms with E-state index in [1.807, 2.05) is 28.9 Å². The topological polar surface area (TPSA) is 73.4 Å². The average Bonchev–Trinajstić information content (AvgIpc) is 2.92. The number of rotatable bonds is 3. The molecule has 24 heavy (non-hydrogen) atoms. The number of ether oxygens (including phenoxy) is 1. The van der Waals surface area contributed by atoms with Crippen LogP contribution in [0.4, 0.5) is 5.69 Å². The first-order valence-corrected chi connectivity index (χ1v) is 7.37. The Labute approximate surface area is 153 Å². The largest absolute Gasteiger partial charge is 0.399 e. The van der Waals surface area contributed by atoms with Gasteiger partial charge >= 0.3 is 0 Å². The maximum Gasteiger partial charge on any atom is 0.254 e. The van der Waals surface area contributed by atoms with E-state index in [-0.39, 0.29) is 36.8 Å². The number of hydrogen-bond donors (Lipinski definition) is 1. The van der Waals surface area contributed by atoms with Crippen molar-refractivity contribution in [3.63, 3.8) is 0 Å². The molecule has 1 saturated heterocycles. The molecule has 2 heterocycles. The van der Waals surface area contributed by atoms with Gasteiger partial charge in [0.25, 0.3) is 5.91 Å². The van der Waals surface area contributed by atoms with E-state index in [0.29, 0.717) is 37.5 Å². The Morgan fingerprint density at radius 1 is 1.42 bits per heavy atom. The number of morpholine rings is 1. The molecule has 0 radical (unpaired) electrons. The molecule has 1 amide bonds. The van der Waals surface area contributed by atoms with Crippen LogP contribution < -0.4 is 5.73 Å². The molecule has 0 bridgehead atoms. The first-order valence-electron chi connectivity index (χ1n) is 7.37. The first kappa shape index (κ1) is 20.3. The minimum Gasteiger partial charge on any atom is -0.399 e. The highest BCUT2D eigenvalue weighted by Gasteiger charge is 2.25. The summed E-state index contributed by atoms with van der Waals surface area (Å²) in [6, 6.07) is 7.08. The molecule has 1 fully saturated rings. The zero-order valence-electron chi connectivity index (χ0n) is 13.4. The molecule has 1 aliphatic rings. The van der Waals surface area contributed by atoms with Crippen LogP contribution in [0.15, 0.2) is 36.7 Å². The van der Waals surface area contributed by atoms with Gasteiger partial charge in [0, 0.05) is 30.5 Å². The Balaban J connectivity index is 0.00000144. The second kappa shape index (κ2) is 8.92. The Morgan fingerprint density at radius 3 is 2.88 bits per heavy atom. The van der Waals surface area contributed by atoms with Crippen LogP contribution in [0.2, 0.25) is 0 Å². The van der Waals surface area contributed by atoms with Gasteiger partial charge in [0.15, 0.2) is 0 Å². The number of aromatic nitrogens is 2. The number of halogens is 2. The molecule has 8 heteroatoms. The van der Waals surface area contributed by atoms with Crippen LogP contribution in [0.25, 0.3) is 0 Å². The molecule has 132 valence electrons. The molecule has 1 aromatic heterocycles. The van der Waals surface area contributed by atoms with Crippen LogP contribution >= 0.6 is 24.8 Å². The SMILES string of the molecule is Cc1cnn(CC2CN(C(=O)c3cccc(N)c3)CCO2)c1.Cl.Cl. The maximum atomic E-state index is 12.5. The molecular weight excluding hydrogens is 351 g/mol. The van der Waals surface area contributed by atoms with Gasteiger partial charge in [0.05, 0.1) is 25.5 Å². The first-order chi connectivity index (χ1) is 10.6. The fraction of sp³-hybridized carbons (Fsp3) is 0.375. The van der Waals surface area contributed by atoms with Gasteiger partial charge in [-0.15, -0.1) is 24.8 Å². The van der Waals surface area contributed by atoms with Crippen molar-refractivity contribution in [3.8, 4) is 0 Å². The predicted molar refractivity (Wildman–Crippen MR) is 98.0 cm³/mol. The summed E-state index contributed by atoms with van der Waals surface area (Å²) in [6.45, 7) is 4.35. The Kier molecular flexibility index (Phi) is 7.54. The molecule has 1 aromatic carbocycles. The number of amides is 1. The van der Waals surface area contributed by atoms with Gasteiger partial charge < -0.3 is 15.4 Å². The number of carbonyl (C=O) groups excluding carboxylic acids is 1. The Hall–Kier alpha value is -1.76. The monoisotopic (exact) mass is 372 g/mol. The summed E-state index contributed by atoms with van der Waals surface area (Å²) < 4.78 is 7.61. The number of nitrogen functional groups attached to an aromatic ring is 1. The van der Waals surface area contributed by atoms with Gasteiger partial charge in [0.2, 0.25) is 0 Å². The van der Waals surface area contributed by atoms with E-state index in [1.54, 1.807) is 24.3 Å². The number of aryl methyl sites for hydroxylation is 1. The van der Waals surface area contributed by atoms with Gasteiger partial charge in [-0.3, -0.25) is 9.48 Å². The minimum absolute atomic E-state index is 0. The predicted octanol–water partition coefficient (Wildman–Crippen LogP) is 2.16. The highest BCUT2D eigenvalue weighted by Crippen LogP contribution is 2.14. The second-order valence-corrected chi connectivity index (χ2v) is 5.61. The van der Waals surface area contributed by atoms with E-state index >= 15 is 0 Å². The molecule has 1 unspecified atom stereocenters. The lowest BCUT2D eigenvalue weighted by atomic mass is 10.1. The van der Waals surface area contributed by atoms with Gasteiger partial charge in [-0.1, -0.05) is 6.07 Å². The summed E-state index contributed by atoms with van der Waals surface area (Å²) in [4.78, 5) is 14.4. The Morgan fingerprint density at radius 2 is 2.21 bits per heavy atom. The number of nitrogens with zero attached hydrogens (tertiary/aromatic N) is 3. The summed E-state index contributed by atoms with van der Waals surface area (Å²) in [5.74, 6) is -0.00255. The molecule has 3 rings (SSSR count). The van der Waals surface area contributed by atoms with E-state index in [2.05, 4.69) is 5.10 Å². The molecule has 2 aromatic rings. The summed E-state index contributed by atoms with van der Waals surface area (Å²) in [7, 11) is 0. The van der Waals surface area contributed by atoms with Crippen molar-refractivity contribution in [2.24, 2.45) is 0 Å². The van der Waals surface area contributed by atoms with Crippen LogP contribution in [0.3, 0.4) is 0 Å². The lowest BCUT2D eigenvalue weighted by molar-refractivity contribution is -0.0299. The fourth-order valence-electron chi connectivity index (χ4n) is 2.64. The molecule has 0 saturated carbocycles. The number of carbonyl (C=O) groups is 1. The molecule has 1 atom stereocenters. The minimum atomic E-state index is -0.0435. The third kappa shape index (κ3) is 4.87. The third-order valence-electron chi connectivity index (χ3n) is 3.71. The van der Waals surface area contributed by atoms with Gasteiger partial charge in [0.1, 0.15) is 0 Å². The average molecular weight is 373 g/mol. The highest BCUT2D eigenvalue weighted by molar-refractivity contribution is 5.95. The standard InChI is InChI=1S/C16H20N4O2.2ClH/c1-12-8-18-20(9-12)11-15-10-19(5-6-22-15)16(21)13-3-2-4-14(17)7-13;;/h2-4,7-9,15H,5-6,10-11,17H2,1H3;2*1H. The van der Waals surface area contributed by atoms with Crippen molar-refractivity contribution in [2.45, 2.75) is 19.6 Å². The van der Waals surface area contributed by atoms with Crippen molar-refractivity contribution < 1.29 is 9.53 Å². The molecule has 0 spiro atoms. The smallest absolute Gasteiger partial charge is 0.254 e. The molecular formula is C16H22Cl2N4O2. The van der Waals surface area contributed by atoms with E-state index in [1.165, 1.54) is 0 Å². The zero-order valence-corrected chi connectivity index (χ0v) is 15.1. The summed E-state index contributed by atoms with van der Waals surface area (Å²) in [5.41, 5.74) is 8.09. The maximum absolute atomic E-state index is 12.5. The van der Waals surface area contributed by atoms with Crippen LogP contribution in [-0.4, -0.2) is 46.4 Å². The van der Waals surface area contributed by atoms with Crippen molar-refractivity contribution >= 4 is 36.4 Å². The summed E-state index contributed by atoms with van der Waals surface area (Å²) in [5, 5.41) is 4.27. The van der Waals surface area contributed by atoms with E-state index in [4.69, 9.17) is 10.5 Å². The number of hydrogen-bond acceptors (Lipinski definition) is 4. The van der Waals surface area contributed by atoms with Gasteiger partial charge in [-0.2, -0.15) is 5.10 Å². The number of nitrogens with two attached hydrogens (primary N) is 1. The van der Waals surface area contributed by atoms with Gasteiger partial charge in [-0.25, -0.2) is 0 Å². The van der Waals surface area contributed by atoms with Crippen LogP contribution in [0.1, 0.15) is 15.9 Å². The van der Waals surface area contributed by atoms with E-state index in [0.717, 1.165) is 5.56 Å². The zero-order chi connectivity index (χ0) is 15.5. The van der Waals surface area contributed by atoms with Crippen LogP contribution in [-0.2, 0) is 11.3 Å². The number of benzene rings is 1. The molecule has 0 aliphatic carbocycles.